The Morgan fingerprint density at radius 1 is 1.64 bits per heavy atom. The Morgan fingerprint density at radius 2 is 2.36 bits per heavy atom. The number of hydrogen-bond acceptors (Lipinski definition) is 6. The van der Waals surface area contributed by atoms with Gasteiger partial charge in [-0.05, 0) is 17.5 Å². The summed E-state index contributed by atoms with van der Waals surface area (Å²) in [4.78, 5) is 4.05. The molecule has 0 bridgehead atoms. The van der Waals surface area contributed by atoms with Crippen molar-refractivity contribution in [2.24, 2.45) is 11.7 Å². The predicted molar refractivity (Wildman–Crippen MR) is 59.5 cm³/mol. The third kappa shape index (κ3) is 3.20. The topological polar surface area (TPSA) is 72.0 Å². The van der Waals surface area contributed by atoms with Crippen LogP contribution in [0, 0.1) is 5.92 Å². The molecule has 0 saturated carbocycles. The predicted octanol–water partition coefficient (Wildman–Crippen LogP) is 0.974. The highest BCUT2D eigenvalue weighted by atomic mass is 32.2. The highest BCUT2D eigenvalue weighted by molar-refractivity contribution is 8.01. The van der Waals surface area contributed by atoms with Gasteiger partial charge in [-0.1, -0.05) is 25.6 Å². The van der Waals surface area contributed by atoms with Crippen molar-refractivity contribution in [3.63, 3.8) is 0 Å². The molecule has 2 atom stereocenters. The summed E-state index contributed by atoms with van der Waals surface area (Å²) in [6.07, 6.45) is 1.52. The number of aliphatic hydroxyl groups excluding tert-OH is 1. The molecule has 2 unspecified atom stereocenters. The maximum absolute atomic E-state index is 9.20. The van der Waals surface area contributed by atoms with Crippen LogP contribution < -0.4 is 5.73 Å². The van der Waals surface area contributed by atoms with E-state index in [1.807, 2.05) is 13.8 Å². The summed E-state index contributed by atoms with van der Waals surface area (Å²) in [6.45, 7) is 4.17. The Bertz CT molecular complexity index is 253. The van der Waals surface area contributed by atoms with Crippen LogP contribution in [0.5, 0.6) is 0 Å². The minimum Gasteiger partial charge on any atom is -0.395 e. The van der Waals surface area contributed by atoms with E-state index in [1.165, 1.54) is 29.6 Å². The maximum Gasteiger partial charge on any atom is 0.170 e. The van der Waals surface area contributed by atoms with Crippen LogP contribution in [0.4, 0.5) is 0 Å². The third-order valence-electron chi connectivity index (χ3n) is 1.97. The zero-order valence-electron chi connectivity index (χ0n) is 8.25. The lowest BCUT2D eigenvalue weighted by molar-refractivity contribution is 0.269. The van der Waals surface area contributed by atoms with Gasteiger partial charge in [0.15, 0.2) is 4.34 Å². The molecule has 3 N–H and O–H groups in total. The minimum atomic E-state index is -0.0195. The largest absolute Gasteiger partial charge is 0.395 e. The average molecular weight is 233 g/mol. The van der Waals surface area contributed by atoms with E-state index in [2.05, 4.69) is 9.36 Å². The van der Waals surface area contributed by atoms with Crippen LogP contribution >= 0.6 is 23.3 Å². The molecule has 80 valence electrons. The number of aliphatic hydroxyl groups is 1. The van der Waals surface area contributed by atoms with Crippen molar-refractivity contribution in [2.75, 3.05) is 6.61 Å². The second-order valence-electron chi connectivity index (χ2n) is 3.37. The van der Waals surface area contributed by atoms with Gasteiger partial charge < -0.3 is 10.8 Å². The van der Waals surface area contributed by atoms with Gasteiger partial charge in [0.25, 0.3) is 0 Å². The van der Waals surface area contributed by atoms with E-state index in [9.17, 15) is 5.11 Å². The van der Waals surface area contributed by atoms with Crippen molar-refractivity contribution in [3.8, 4) is 0 Å². The lowest BCUT2D eigenvalue weighted by Gasteiger charge is -2.23. The standard InChI is InChI=1S/C8H15N3OS2/c1-5(2)7(9)6(3-12)13-8-10-4-11-14-8/h4-7,12H,3,9H2,1-2H3. The number of nitrogens with two attached hydrogens (primary N) is 1. The molecule has 1 aromatic heterocycles. The van der Waals surface area contributed by atoms with Gasteiger partial charge in [0.05, 0.1) is 11.9 Å². The SMILES string of the molecule is CC(C)C(N)C(CO)Sc1ncns1. The molecule has 0 aliphatic heterocycles. The molecule has 0 aromatic carbocycles. The van der Waals surface area contributed by atoms with E-state index in [4.69, 9.17) is 5.73 Å². The van der Waals surface area contributed by atoms with Crippen molar-refractivity contribution < 1.29 is 5.11 Å². The Balaban J connectivity index is 2.55. The van der Waals surface area contributed by atoms with Gasteiger partial charge in [0.1, 0.15) is 6.33 Å². The fourth-order valence-electron chi connectivity index (χ4n) is 1.01. The lowest BCUT2D eigenvalue weighted by Crippen LogP contribution is -2.39. The molecule has 1 heterocycles. The summed E-state index contributed by atoms with van der Waals surface area (Å²) in [5.41, 5.74) is 5.96. The fraction of sp³-hybridized carbons (Fsp3) is 0.750. The van der Waals surface area contributed by atoms with E-state index in [1.54, 1.807) is 0 Å². The first-order valence-electron chi connectivity index (χ1n) is 4.45. The molecule has 1 rings (SSSR count). The third-order valence-corrected chi connectivity index (χ3v) is 4.02. The van der Waals surface area contributed by atoms with E-state index in [-0.39, 0.29) is 17.9 Å². The molecule has 0 saturated heterocycles. The van der Waals surface area contributed by atoms with Crippen molar-refractivity contribution >= 4 is 23.3 Å². The summed E-state index contributed by atoms with van der Waals surface area (Å²) in [5.74, 6) is 0.354. The van der Waals surface area contributed by atoms with E-state index in [0.717, 1.165) is 4.34 Å². The first kappa shape index (κ1) is 11.9. The zero-order chi connectivity index (χ0) is 10.6. The van der Waals surface area contributed by atoms with E-state index in [0.29, 0.717) is 5.92 Å². The fourth-order valence-corrected chi connectivity index (χ4v) is 2.87. The first-order valence-corrected chi connectivity index (χ1v) is 6.10. The molecule has 0 fully saturated rings. The molecule has 0 radical (unpaired) electrons. The average Bonchev–Trinajstić information content (AvgIpc) is 2.65. The minimum absolute atomic E-state index is 0.00273. The normalized spacial score (nSPS) is 15.8. The second-order valence-corrected chi connectivity index (χ2v) is 5.63. The van der Waals surface area contributed by atoms with Crippen molar-refractivity contribution in [1.29, 1.82) is 0 Å². The Kier molecular flexibility index (Phi) is 4.80. The van der Waals surface area contributed by atoms with Gasteiger partial charge in [0, 0.05) is 6.04 Å². The molecule has 0 spiro atoms. The first-order chi connectivity index (χ1) is 6.65. The lowest BCUT2D eigenvalue weighted by atomic mass is 10.0. The zero-order valence-corrected chi connectivity index (χ0v) is 9.88. The number of thioether (sulfide) groups is 1. The summed E-state index contributed by atoms with van der Waals surface area (Å²) < 4.78 is 4.76. The summed E-state index contributed by atoms with van der Waals surface area (Å²) in [5, 5.41) is 9.20. The summed E-state index contributed by atoms with van der Waals surface area (Å²) in [7, 11) is 0. The smallest absolute Gasteiger partial charge is 0.170 e. The van der Waals surface area contributed by atoms with E-state index >= 15 is 0 Å². The van der Waals surface area contributed by atoms with Gasteiger partial charge in [-0.25, -0.2) is 4.98 Å². The van der Waals surface area contributed by atoms with Gasteiger partial charge in [-0.2, -0.15) is 4.37 Å². The van der Waals surface area contributed by atoms with Crippen LogP contribution in [-0.4, -0.2) is 32.4 Å². The quantitative estimate of drug-likeness (QED) is 0.742. The van der Waals surface area contributed by atoms with Crippen LogP contribution in [0.25, 0.3) is 0 Å². The van der Waals surface area contributed by atoms with Crippen LogP contribution in [0.15, 0.2) is 10.7 Å². The van der Waals surface area contributed by atoms with Crippen LogP contribution in [0.2, 0.25) is 0 Å². The van der Waals surface area contributed by atoms with Crippen LogP contribution in [0.1, 0.15) is 13.8 Å². The summed E-state index contributed by atoms with van der Waals surface area (Å²) >= 11 is 2.83. The highest BCUT2D eigenvalue weighted by Crippen LogP contribution is 2.27. The monoisotopic (exact) mass is 233 g/mol. The Morgan fingerprint density at radius 3 is 2.79 bits per heavy atom. The Hall–Kier alpha value is -0.170. The van der Waals surface area contributed by atoms with Crippen molar-refractivity contribution in [2.45, 2.75) is 29.5 Å². The number of hydrogen-bond donors (Lipinski definition) is 2. The van der Waals surface area contributed by atoms with Crippen molar-refractivity contribution in [3.05, 3.63) is 6.33 Å². The molecule has 0 aliphatic rings. The van der Waals surface area contributed by atoms with Crippen molar-refractivity contribution in [1.82, 2.24) is 9.36 Å². The van der Waals surface area contributed by atoms with Crippen LogP contribution in [0.3, 0.4) is 0 Å². The maximum atomic E-state index is 9.20. The van der Waals surface area contributed by atoms with Crippen LogP contribution in [-0.2, 0) is 0 Å². The molecule has 0 amide bonds. The molecule has 0 aliphatic carbocycles. The Labute approximate surface area is 92.1 Å². The number of rotatable bonds is 5. The molecular formula is C8H15N3OS2. The van der Waals surface area contributed by atoms with Gasteiger partial charge in [0.2, 0.25) is 0 Å². The molecule has 6 heteroatoms. The van der Waals surface area contributed by atoms with E-state index < -0.39 is 0 Å². The van der Waals surface area contributed by atoms with Gasteiger partial charge >= 0.3 is 0 Å². The number of nitrogens with zero attached hydrogens (tertiary/aromatic N) is 2. The molecule has 1 aromatic rings. The molecule has 4 nitrogen and oxygen atoms in total. The van der Waals surface area contributed by atoms with Gasteiger partial charge in [-0.3, -0.25) is 0 Å². The van der Waals surface area contributed by atoms with Gasteiger partial charge in [-0.15, -0.1) is 0 Å². The second kappa shape index (κ2) is 5.65. The highest BCUT2D eigenvalue weighted by Gasteiger charge is 2.22. The number of aromatic nitrogens is 2. The molecule has 14 heavy (non-hydrogen) atoms. The summed E-state index contributed by atoms with van der Waals surface area (Å²) in [6, 6.07) is -0.0195. The molecular weight excluding hydrogens is 218 g/mol.